The van der Waals surface area contributed by atoms with Crippen molar-refractivity contribution in [2.45, 2.75) is 6.42 Å². The van der Waals surface area contributed by atoms with E-state index in [2.05, 4.69) is 36.4 Å². The third-order valence-electron chi connectivity index (χ3n) is 3.40. The fraction of sp³-hybridized carbons (Fsp3) is 0.235. The zero-order valence-corrected chi connectivity index (χ0v) is 11.8. The van der Waals surface area contributed by atoms with Crippen LogP contribution in [0.4, 0.5) is 0 Å². The van der Waals surface area contributed by atoms with Crippen molar-refractivity contribution in [2.75, 3.05) is 20.1 Å². The molecule has 0 aliphatic rings. The van der Waals surface area contributed by atoms with Crippen LogP contribution in [0, 0.1) is 0 Å². The minimum atomic E-state index is -0.0223. The molecule has 2 N–H and O–H groups in total. The summed E-state index contributed by atoms with van der Waals surface area (Å²) < 4.78 is 0. The fourth-order valence-electron chi connectivity index (χ4n) is 2.07. The van der Waals surface area contributed by atoms with E-state index in [0.29, 0.717) is 6.54 Å². The first-order valence-electron chi connectivity index (χ1n) is 6.79. The van der Waals surface area contributed by atoms with Crippen molar-refractivity contribution in [3.05, 3.63) is 60.2 Å². The van der Waals surface area contributed by atoms with E-state index in [-0.39, 0.29) is 12.5 Å². The van der Waals surface area contributed by atoms with Crippen molar-refractivity contribution in [2.24, 2.45) is 5.73 Å². The molecule has 3 nitrogen and oxygen atoms in total. The highest BCUT2D eigenvalue weighted by Gasteiger charge is 2.05. The molecule has 0 spiro atoms. The summed E-state index contributed by atoms with van der Waals surface area (Å²) in [6.07, 6.45) is 0.845. The van der Waals surface area contributed by atoms with Crippen LogP contribution in [-0.4, -0.2) is 30.9 Å². The van der Waals surface area contributed by atoms with Crippen LogP contribution in [0.15, 0.2) is 54.6 Å². The summed E-state index contributed by atoms with van der Waals surface area (Å²) in [6, 6.07) is 18.8. The lowest BCUT2D eigenvalue weighted by molar-refractivity contribution is -0.128. The Hall–Kier alpha value is -2.13. The summed E-state index contributed by atoms with van der Waals surface area (Å²) in [7, 11) is 1.79. The van der Waals surface area contributed by atoms with E-state index in [1.807, 2.05) is 18.2 Å². The largest absolute Gasteiger partial charge is 0.344 e. The number of carbonyl (C=O) groups excluding carboxylic acids is 1. The second-order valence-corrected chi connectivity index (χ2v) is 4.83. The SMILES string of the molecule is CN(CCc1ccc(-c2ccccc2)cc1)C(=O)CN. The summed E-state index contributed by atoms with van der Waals surface area (Å²) in [4.78, 5) is 13.0. The number of hydrogen-bond acceptors (Lipinski definition) is 2. The molecule has 0 saturated heterocycles. The highest BCUT2D eigenvalue weighted by molar-refractivity contribution is 5.77. The molecule has 0 fully saturated rings. The molecule has 0 aromatic heterocycles. The van der Waals surface area contributed by atoms with Gasteiger partial charge in [0.15, 0.2) is 0 Å². The van der Waals surface area contributed by atoms with Gasteiger partial charge in [-0.2, -0.15) is 0 Å². The maximum absolute atomic E-state index is 11.4. The van der Waals surface area contributed by atoms with Gasteiger partial charge in [-0.1, -0.05) is 54.6 Å². The standard InChI is InChI=1S/C17H20N2O/c1-19(17(20)13-18)12-11-14-7-9-16(10-8-14)15-5-3-2-4-6-15/h2-10H,11-13,18H2,1H3. The Kier molecular flexibility index (Phi) is 4.91. The number of rotatable bonds is 5. The van der Waals surface area contributed by atoms with Gasteiger partial charge in [-0.05, 0) is 23.1 Å². The number of hydrogen-bond donors (Lipinski definition) is 1. The molecular weight excluding hydrogens is 248 g/mol. The molecular formula is C17H20N2O. The van der Waals surface area contributed by atoms with Crippen LogP contribution in [0.1, 0.15) is 5.56 Å². The average Bonchev–Trinajstić information content (AvgIpc) is 2.53. The Balaban J connectivity index is 1.97. The molecule has 1 amide bonds. The van der Waals surface area contributed by atoms with E-state index >= 15 is 0 Å². The van der Waals surface area contributed by atoms with Crippen molar-refractivity contribution >= 4 is 5.91 Å². The third kappa shape index (κ3) is 3.68. The topological polar surface area (TPSA) is 46.3 Å². The molecule has 0 atom stereocenters. The summed E-state index contributed by atoms with van der Waals surface area (Å²) in [5.74, 6) is -0.0223. The predicted octanol–water partition coefficient (Wildman–Crippen LogP) is 2.31. The summed E-state index contributed by atoms with van der Waals surface area (Å²) in [6.45, 7) is 0.768. The van der Waals surface area contributed by atoms with E-state index in [1.54, 1.807) is 11.9 Å². The Morgan fingerprint density at radius 1 is 1.00 bits per heavy atom. The van der Waals surface area contributed by atoms with E-state index in [4.69, 9.17) is 5.73 Å². The number of likely N-dealkylation sites (N-methyl/N-ethyl adjacent to an activating group) is 1. The van der Waals surface area contributed by atoms with Crippen LogP contribution in [0.3, 0.4) is 0 Å². The third-order valence-corrected chi connectivity index (χ3v) is 3.40. The van der Waals surface area contributed by atoms with E-state index in [9.17, 15) is 4.79 Å². The molecule has 2 rings (SSSR count). The number of carbonyl (C=O) groups is 1. The summed E-state index contributed by atoms with van der Waals surface area (Å²) >= 11 is 0. The maximum atomic E-state index is 11.4. The molecule has 104 valence electrons. The zero-order valence-electron chi connectivity index (χ0n) is 11.8. The fourth-order valence-corrected chi connectivity index (χ4v) is 2.07. The van der Waals surface area contributed by atoms with Crippen molar-refractivity contribution in [3.8, 4) is 11.1 Å². The van der Waals surface area contributed by atoms with Crippen molar-refractivity contribution < 1.29 is 4.79 Å². The number of nitrogens with zero attached hydrogens (tertiary/aromatic N) is 1. The first-order valence-corrected chi connectivity index (χ1v) is 6.79. The predicted molar refractivity (Wildman–Crippen MR) is 82.3 cm³/mol. The van der Waals surface area contributed by atoms with Gasteiger partial charge in [-0.25, -0.2) is 0 Å². The highest BCUT2D eigenvalue weighted by Crippen LogP contribution is 2.19. The molecule has 0 unspecified atom stereocenters. The van der Waals surface area contributed by atoms with E-state index in [0.717, 1.165) is 6.42 Å². The zero-order chi connectivity index (χ0) is 14.4. The normalized spacial score (nSPS) is 10.3. The molecule has 0 aliphatic carbocycles. The lowest BCUT2D eigenvalue weighted by Gasteiger charge is -2.16. The van der Waals surface area contributed by atoms with E-state index in [1.165, 1.54) is 16.7 Å². The quantitative estimate of drug-likeness (QED) is 0.904. The van der Waals surface area contributed by atoms with Gasteiger partial charge in [0.1, 0.15) is 0 Å². The van der Waals surface area contributed by atoms with Gasteiger partial charge < -0.3 is 10.6 Å². The molecule has 2 aromatic rings. The molecule has 0 aliphatic heterocycles. The maximum Gasteiger partial charge on any atom is 0.236 e. The van der Waals surface area contributed by atoms with Gasteiger partial charge in [-0.15, -0.1) is 0 Å². The minimum Gasteiger partial charge on any atom is -0.344 e. The number of amides is 1. The van der Waals surface area contributed by atoms with Crippen molar-refractivity contribution in [3.63, 3.8) is 0 Å². The van der Waals surface area contributed by atoms with E-state index < -0.39 is 0 Å². The molecule has 2 aromatic carbocycles. The Morgan fingerprint density at radius 3 is 2.20 bits per heavy atom. The Labute approximate surface area is 120 Å². The smallest absolute Gasteiger partial charge is 0.236 e. The van der Waals surface area contributed by atoms with Gasteiger partial charge in [0, 0.05) is 13.6 Å². The molecule has 0 bridgehead atoms. The summed E-state index contributed by atoms with van der Waals surface area (Å²) in [5, 5.41) is 0. The molecule has 0 heterocycles. The lowest BCUT2D eigenvalue weighted by Crippen LogP contribution is -2.34. The van der Waals surface area contributed by atoms with Crippen molar-refractivity contribution in [1.29, 1.82) is 0 Å². The van der Waals surface area contributed by atoms with Crippen LogP contribution in [0.2, 0.25) is 0 Å². The van der Waals surface area contributed by atoms with Gasteiger partial charge in [0.25, 0.3) is 0 Å². The van der Waals surface area contributed by atoms with Gasteiger partial charge in [0.05, 0.1) is 6.54 Å². The second kappa shape index (κ2) is 6.87. The van der Waals surface area contributed by atoms with Gasteiger partial charge in [-0.3, -0.25) is 4.79 Å². The highest BCUT2D eigenvalue weighted by atomic mass is 16.2. The van der Waals surface area contributed by atoms with Crippen LogP contribution in [-0.2, 0) is 11.2 Å². The number of benzene rings is 2. The van der Waals surface area contributed by atoms with Crippen LogP contribution >= 0.6 is 0 Å². The van der Waals surface area contributed by atoms with Gasteiger partial charge in [0.2, 0.25) is 5.91 Å². The first-order chi connectivity index (χ1) is 9.70. The Bertz CT molecular complexity index is 549. The Morgan fingerprint density at radius 2 is 1.60 bits per heavy atom. The average molecular weight is 268 g/mol. The van der Waals surface area contributed by atoms with Gasteiger partial charge >= 0.3 is 0 Å². The van der Waals surface area contributed by atoms with Crippen LogP contribution in [0.25, 0.3) is 11.1 Å². The molecule has 20 heavy (non-hydrogen) atoms. The first kappa shape index (κ1) is 14.3. The summed E-state index contributed by atoms with van der Waals surface area (Å²) in [5.41, 5.74) is 8.98. The minimum absolute atomic E-state index is 0.0223. The molecule has 3 heteroatoms. The lowest BCUT2D eigenvalue weighted by atomic mass is 10.0. The van der Waals surface area contributed by atoms with Crippen molar-refractivity contribution in [1.82, 2.24) is 4.90 Å². The van der Waals surface area contributed by atoms with Crippen LogP contribution < -0.4 is 5.73 Å². The molecule has 0 saturated carbocycles. The number of nitrogens with two attached hydrogens (primary N) is 1. The molecule has 0 radical (unpaired) electrons. The monoisotopic (exact) mass is 268 g/mol. The second-order valence-electron chi connectivity index (χ2n) is 4.83. The van der Waals surface area contributed by atoms with Crippen LogP contribution in [0.5, 0.6) is 0 Å².